The molecular formula is C22H18F2N2O3S. The summed E-state index contributed by atoms with van der Waals surface area (Å²) in [6.45, 7) is 0.156. The van der Waals surface area contributed by atoms with E-state index in [0.29, 0.717) is 16.3 Å². The van der Waals surface area contributed by atoms with Crippen molar-refractivity contribution in [3.05, 3.63) is 70.2 Å². The smallest absolute Gasteiger partial charge is 0.352 e. The summed E-state index contributed by atoms with van der Waals surface area (Å²) in [5.74, 6) is -2.39. The molecule has 2 heterocycles. The summed E-state index contributed by atoms with van der Waals surface area (Å²) in [7, 11) is 3.16. The number of likely N-dealkylation sites (N-methyl/N-ethyl adjacent to an activating group) is 1. The van der Waals surface area contributed by atoms with E-state index in [1.54, 1.807) is 24.7 Å². The fraction of sp³-hybridized carbons (Fsp3) is 0.182. The van der Waals surface area contributed by atoms with E-state index in [-0.39, 0.29) is 35.9 Å². The van der Waals surface area contributed by atoms with Gasteiger partial charge in [-0.05, 0) is 47.3 Å². The molecule has 8 heteroatoms. The van der Waals surface area contributed by atoms with Crippen LogP contribution in [-0.4, -0.2) is 40.5 Å². The second kappa shape index (κ2) is 7.53. The number of carboxylic acid groups (broad SMARTS) is 1. The number of thiophene rings is 1. The van der Waals surface area contributed by atoms with E-state index in [4.69, 9.17) is 0 Å². The molecule has 1 amide bonds. The largest absolute Gasteiger partial charge is 0.477 e. The molecule has 0 unspecified atom stereocenters. The minimum atomic E-state index is -1.21. The Morgan fingerprint density at radius 1 is 1.07 bits per heavy atom. The van der Waals surface area contributed by atoms with Gasteiger partial charge in [-0.1, -0.05) is 0 Å². The fourth-order valence-electron chi connectivity index (χ4n) is 3.64. The van der Waals surface area contributed by atoms with Gasteiger partial charge in [0.05, 0.1) is 6.42 Å². The van der Waals surface area contributed by atoms with Crippen molar-refractivity contribution in [2.75, 3.05) is 14.1 Å². The van der Waals surface area contributed by atoms with E-state index in [1.807, 2.05) is 5.38 Å². The normalized spacial score (nSPS) is 11.3. The first kappa shape index (κ1) is 20.0. The SMILES string of the molecule is CN(C)C(=O)Cc1c(C(=O)O)n(Cc2csc3ccc(F)cc23)c2ccc(F)cc12. The van der Waals surface area contributed by atoms with Crippen LogP contribution in [0.4, 0.5) is 8.78 Å². The Labute approximate surface area is 174 Å². The summed E-state index contributed by atoms with van der Waals surface area (Å²) in [6.07, 6.45) is -0.166. The van der Waals surface area contributed by atoms with Crippen molar-refractivity contribution in [3.8, 4) is 0 Å². The molecule has 0 radical (unpaired) electrons. The topological polar surface area (TPSA) is 62.5 Å². The number of halogens is 2. The first-order valence-corrected chi connectivity index (χ1v) is 10.0. The first-order valence-electron chi connectivity index (χ1n) is 9.16. The molecule has 4 rings (SSSR count). The molecule has 0 fully saturated rings. The average Bonchev–Trinajstić information content (AvgIpc) is 3.21. The van der Waals surface area contributed by atoms with Gasteiger partial charge in [0, 0.05) is 47.2 Å². The van der Waals surface area contributed by atoms with E-state index in [2.05, 4.69) is 0 Å². The molecule has 0 aliphatic heterocycles. The lowest BCUT2D eigenvalue weighted by Crippen LogP contribution is -2.24. The minimum Gasteiger partial charge on any atom is -0.477 e. The standard InChI is InChI=1S/C22H18F2N2O3S/c1-25(2)20(27)9-17-16-8-13(23)3-5-18(16)26(21(17)22(28)29)10-12-11-30-19-6-4-14(24)7-15(12)19/h3-8,11H,9-10H2,1-2H3,(H,28,29). The Hall–Kier alpha value is -3.26. The number of amides is 1. The summed E-state index contributed by atoms with van der Waals surface area (Å²) < 4.78 is 30.2. The Balaban J connectivity index is 1.94. The molecular weight excluding hydrogens is 410 g/mol. The second-order valence-corrected chi connectivity index (χ2v) is 8.16. The van der Waals surface area contributed by atoms with Crippen LogP contribution in [0, 0.1) is 11.6 Å². The first-order chi connectivity index (χ1) is 14.3. The third kappa shape index (κ3) is 3.43. The van der Waals surface area contributed by atoms with E-state index < -0.39 is 11.8 Å². The zero-order valence-corrected chi connectivity index (χ0v) is 17.1. The average molecular weight is 428 g/mol. The Morgan fingerprint density at radius 2 is 1.73 bits per heavy atom. The molecule has 0 aliphatic rings. The molecule has 4 aromatic rings. The summed E-state index contributed by atoms with van der Waals surface area (Å²) in [5, 5.41) is 12.9. The predicted octanol–water partition coefficient (Wildman–Crippen LogP) is 4.51. The number of carbonyl (C=O) groups excluding carboxylic acids is 1. The highest BCUT2D eigenvalue weighted by molar-refractivity contribution is 7.17. The number of hydrogen-bond donors (Lipinski definition) is 1. The molecule has 2 aromatic heterocycles. The molecule has 0 saturated heterocycles. The number of nitrogens with zero attached hydrogens (tertiary/aromatic N) is 2. The maximum absolute atomic E-state index is 14.0. The van der Waals surface area contributed by atoms with Crippen LogP contribution in [0.5, 0.6) is 0 Å². The molecule has 0 bridgehead atoms. The Morgan fingerprint density at radius 3 is 2.40 bits per heavy atom. The number of carbonyl (C=O) groups is 2. The Bertz CT molecular complexity index is 1310. The predicted molar refractivity (Wildman–Crippen MR) is 112 cm³/mol. The zero-order chi connectivity index (χ0) is 21.6. The van der Waals surface area contributed by atoms with Gasteiger partial charge in [-0.25, -0.2) is 13.6 Å². The van der Waals surface area contributed by atoms with Gasteiger partial charge in [0.25, 0.3) is 0 Å². The molecule has 0 spiro atoms. The number of aromatic carboxylic acids is 1. The quantitative estimate of drug-likeness (QED) is 0.509. The summed E-state index contributed by atoms with van der Waals surface area (Å²) in [4.78, 5) is 25.9. The van der Waals surface area contributed by atoms with Crippen LogP contribution in [0.2, 0.25) is 0 Å². The van der Waals surface area contributed by atoms with Gasteiger partial charge in [0.15, 0.2) is 0 Å². The Kier molecular flexibility index (Phi) is 5.03. The van der Waals surface area contributed by atoms with Gasteiger partial charge in [-0.2, -0.15) is 0 Å². The lowest BCUT2D eigenvalue weighted by atomic mass is 10.1. The van der Waals surface area contributed by atoms with Crippen molar-refractivity contribution >= 4 is 44.2 Å². The van der Waals surface area contributed by atoms with Crippen molar-refractivity contribution in [3.63, 3.8) is 0 Å². The van der Waals surface area contributed by atoms with Crippen molar-refractivity contribution in [2.45, 2.75) is 13.0 Å². The zero-order valence-electron chi connectivity index (χ0n) is 16.3. The highest BCUT2D eigenvalue weighted by atomic mass is 32.1. The lowest BCUT2D eigenvalue weighted by molar-refractivity contribution is -0.127. The summed E-state index contributed by atoms with van der Waals surface area (Å²) in [6, 6.07) is 8.50. The van der Waals surface area contributed by atoms with Crippen molar-refractivity contribution in [2.24, 2.45) is 0 Å². The number of rotatable bonds is 5. The number of fused-ring (bicyclic) bond motifs is 2. The van der Waals surface area contributed by atoms with E-state index >= 15 is 0 Å². The van der Waals surface area contributed by atoms with Gasteiger partial charge in [0.1, 0.15) is 17.3 Å². The van der Waals surface area contributed by atoms with Crippen LogP contribution >= 0.6 is 11.3 Å². The van der Waals surface area contributed by atoms with Crippen LogP contribution in [0.25, 0.3) is 21.0 Å². The highest BCUT2D eigenvalue weighted by Crippen LogP contribution is 2.32. The third-order valence-electron chi connectivity index (χ3n) is 5.10. The summed E-state index contributed by atoms with van der Waals surface area (Å²) in [5.41, 5.74) is 1.46. The van der Waals surface area contributed by atoms with E-state index in [9.17, 15) is 23.5 Å². The maximum Gasteiger partial charge on any atom is 0.352 e. The van der Waals surface area contributed by atoms with Gasteiger partial charge >= 0.3 is 5.97 Å². The molecule has 0 saturated carbocycles. The molecule has 0 atom stereocenters. The van der Waals surface area contributed by atoms with Crippen molar-refractivity contribution in [1.82, 2.24) is 9.47 Å². The highest BCUT2D eigenvalue weighted by Gasteiger charge is 2.25. The maximum atomic E-state index is 14.0. The van der Waals surface area contributed by atoms with Gasteiger partial charge < -0.3 is 14.6 Å². The molecule has 30 heavy (non-hydrogen) atoms. The van der Waals surface area contributed by atoms with Crippen LogP contribution in [0.15, 0.2) is 41.8 Å². The van der Waals surface area contributed by atoms with Crippen LogP contribution in [0.1, 0.15) is 21.6 Å². The number of carboxylic acids is 1. The van der Waals surface area contributed by atoms with Crippen LogP contribution in [0.3, 0.4) is 0 Å². The summed E-state index contributed by atoms with van der Waals surface area (Å²) >= 11 is 1.44. The van der Waals surface area contributed by atoms with Gasteiger partial charge in [-0.3, -0.25) is 4.79 Å². The van der Waals surface area contributed by atoms with Crippen LogP contribution in [-0.2, 0) is 17.8 Å². The molecule has 1 N–H and O–H groups in total. The molecule has 2 aromatic carbocycles. The number of hydrogen-bond acceptors (Lipinski definition) is 3. The van der Waals surface area contributed by atoms with Crippen molar-refractivity contribution in [1.29, 1.82) is 0 Å². The van der Waals surface area contributed by atoms with Gasteiger partial charge in [-0.15, -0.1) is 11.3 Å². The van der Waals surface area contributed by atoms with E-state index in [0.717, 1.165) is 10.3 Å². The fourth-order valence-corrected chi connectivity index (χ4v) is 4.57. The number of benzene rings is 2. The minimum absolute atomic E-state index is 0.0680. The van der Waals surface area contributed by atoms with Crippen LogP contribution < -0.4 is 0 Å². The molecule has 5 nitrogen and oxygen atoms in total. The molecule has 0 aliphatic carbocycles. The van der Waals surface area contributed by atoms with Gasteiger partial charge in [0.2, 0.25) is 5.91 Å². The lowest BCUT2D eigenvalue weighted by Gasteiger charge is -2.11. The number of aromatic nitrogens is 1. The second-order valence-electron chi connectivity index (χ2n) is 7.25. The van der Waals surface area contributed by atoms with E-state index in [1.165, 1.54) is 46.6 Å². The molecule has 154 valence electrons. The monoisotopic (exact) mass is 428 g/mol. The third-order valence-corrected chi connectivity index (χ3v) is 6.12. The van der Waals surface area contributed by atoms with Crippen molar-refractivity contribution < 1.29 is 23.5 Å².